The Morgan fingerprint density at radius 2 is 1.95 bits per heavy atom. The quantitative estimate of drug-likeness (QED) is 0.493. The molecule has 0 saturated carbocycles. The number of nitrogens with two attached hydrogens (primary N) is 1. The van der Waals surface area contributed by atoms with Gasteiger partial charge in [-0.15, -0.1) is 0 Å². The number of nitrogen functional groups attached to an aromatic ring is 1. The first kappa shape index (κ1) is 25.5. The van der Waals surface area contributed by atoms with Gasteiger partial charge >= 0.3 is 6.09 Å². The Morgan fingerprint density at radius 1 is 1.24 bits per heavy atom. The molecule has 1 atom stereocenters. The molecule has 194 valence electrons. The number of ether oxygens (including phenoxy) is 1. The average molecular weight is 514 g/mol. The molecule has 12 nitrogen and oxygen atoms in total. The number of carbonyl (C=O) groups excluding carboxylic acids is 3. The molecular formula is C23H24F2N8O4. The monoisotopic (exact) mass is 514 g/mol. The van der Waals surface area contributed by atoms with E-state index in [2.05, 4.69) is 27.0 Å². The Morgan fingerprint density at radius 3 is 2.59 bits per heavy atom. The van der Waals surface area contributed by atoms with Crippen LogP contribution in [0, 0.1) is 11.6 Å². The number of piperidine rings is 1. The summed E-state index contributed by atoms with van der Waals surface area (Å²) in [6.45, 7) is 4.39. The molecule has 14 heteroatoms. The smallest absolute Gasteiger partial charge is 0.404 e. The van der Waals surface area contributed by atoms with Crippen LogP contribution in [0.15, 0.2) is 31.1 Å². The highest BCUT2D eigenvalue weighted by Crippen LogP contribution is 2.30. The van der Waals surface area contributed by atoms with Crippen LogP contribution in [0.25, 0.3) is 11.0 Å². The summed E-state index contributed by atoms with van der Waals surface area (Å²) in [7, 11) is 2.71. The topological polar surface area (TPSA) is 149 Å². The molecule has 1 aliphatic rings. The second-order valence-electron chi connectivity index (χ2n) is 8.52. The summed E-state index contributed by atoms with van der Waals surface area (Å²) in [5, 5.41) is 6.94. The SMILES string of the molecule is C=CC(=O)N1CCCC(n2nc(C(=O)Nc3cc(F)c(OC(=O)N(C)C)c(F)c3)c3c(N)ncnc32)C1. The lowest BCUT2D eigenvalue weighted by Gasteiger charge is -2.32. The number of nitrogens with one attached hydrogen (secondary N) is 1. The molecule has 37 heavy (non-hydrogen) atoms. The molecule has 3 aromatic rings. The van der Waals surface area contributed by atoms with Gasteiger partial charge in [-0.1, -0.05) is 6.58 Å². The largest absolute Gasteiger partial charge is 0.414 e. The Hall–Kier alpha value is -4.62. The lowest BCUT2D eigenvalue weighted by Crippen LogP contribution is -2.40. The van der Waals surface area contributed by atoms with Crippen LogP contribution >= 0.6 is 0 Å². The van der Waals surface area contributed by atoms with Crippen molar-refractivity contribution in [3.05, 3.63) is 48.4 Å². The van der Waals surface area contributed by atoms with E-state index in [0.29, 0.717) is 25.9 Å². The van der Waals surface area contributed by atoms with Gasteiger partial charge in [0, 0.05) is 45.0 Å². The number of likely N-dealkylation sites (tertiary alicyclic amines) is 1. The van der Waals surface area contributed by atoms with E-state index >= 15 is 0 Å². The molecule has 3 heterocycles. The zero-order chi connectivity index (χ0) is 26.9. The van der Waals surface area contributed by atoms with E-state index in [9.17, 15) is 23.2 Å². The molecule has 2 aromatic heterocycles. The van der Waals surface area contributed by atoms with Crippen LogP contribution < -0.4 is 15.8 Å². The second kappa shape index (κ2) is 10.2. The fourth-order valence-electron chi connectivity index (χ4n) is 3.99. The van der Waals surface area contributed by atoms with Gasteiger partial charge in [-0.2, -0.15) is 5.10 Å². The van der Waals surface area contributed by atoms with Crippen LogP contribution in [0.4, 0.5) is 25.1 Å². The molecule has 1 aliphatic heterocycles. The normalized spacial score (nSPS) is 15.4. The number of carbonyl (C=O) groups is 3. The van der Waals surface area contributed by atoms with Crippen LogP contribution in [0.2, 0.25) is 0 Å². The van der Waals surface area contributed by atoms with Gasteiger partial charge in [0.05, 0.1) is 11.4 Å². The summed E-state index contributed by atoms with van der Waals surface area (Å²) >= 11 is 0. The van der Waals surface area contributed by atoms with Gasteiger partial charge in [-0.3, -0.25) is 9.59 Å². The highest BCUT2D eigenvalue weighted by molar-refractivity contribution is 6.13. The van der Waals surface area contributed by atoms with E-state index in [1.165, 1.54) is 31.2 Å². The van der Waals surface area contributed by atoms with Crippen molar-refractivity contribution in [2.24, 2.45) is 0 Å². The number of hydrogen-bond acceptors (Lipinski definition) is 8. The van der Waals surface area contributed by atoms with Crippen LogP contribution in [0.3, 0.4) is 0 Å². The molecule has 0 radical (unpaired) electrons. The molecule has 1 aromatic carbocycles. The van der Waals surface area contributed by atoms with E-state index < -0.39 is 29.4 Å². The summed E-state index contributed by atoms with van der Waals surface area (Å²) in [5.74, 6) is -4.36. The Balaban J connectivity index is 1.65. The molecule has 1 unspecified atom stereocenters. The predicted octanol–water partition coefficient (Wildman–Crippen LogP) is 2.35. The maximum Gasteiger partial charge on any atom is 0.414 e. The van der Waals surface area contributed by atoms with Crippen molar-refractivity contribution in [2.45, 2.75) is 18.9 Å². The van der Waals surface area contributed by atoms with Crippen LogP contribution in [-0.4, -0.2) is 74.6 Å². The summed E-state index contributed by atoms with van der Waals surface area (Å²) in [6.07, 6.45) is 2.83. The van der Waals surface area contributed by atoms with Gasteiger partial charge in [0.25, 0.3) is 5.91 Å². The number of aromatic nitrogens is 4. The van der Waals surface area contributed by atoms with Gasteiger partial charge in [0.2, 0.25) is 11.7 Å². The number of anilines is 2. The lowest BCUT2D eigenvalue weighted by atomic mass is 10.1. The molecule has 0 spiro atoms. The summed E-state index contributed by atoms with van der Waals surface area (Å²) < 4.78 is 35.2. The minimum Gasteiger partial charge on any atom is -0.404 e. The molecule has 1 fully saturated rings. The average Bonchev–Trinajstić information content (AvgIpc) is 3.27. The molecule has 3 amide bonds. The molecular weight excluding hydrogens is 490 g/mol. The third-order valence-corrected chi connectivity index (χ3v) is 5.77. The number of hydrogen-bond donors (Lipinski definition) is 2. The van der Waals surface area contributed by atoms with Crippen molar-refractivity contribution in [3.8, 4) is 5.75 Å². The number of rotatable bonds is 5. The first-order chi connectivity index (χ1) is 17.6. The van der Waals surface area contributed by atoms with Gasteiger partial charge in [-0.05, 0) is 18.9 Å². The number of benzene rings is 1. The summed E-state index contributed by atoms with van der Waals surface area (Å²) in [4.78, 5) is 47.7. The van der Waals surface area contributed by atoms with E-state index in [0.717, 1.165) is 17.0 Å². The number of fused-ring (bicyclic) bond motifs is 1. The molecule has 0 aliphatic carbocycles. The first-order valence-electron chi connectivity index (χ1n) is 11.2. The van der Waals surface area contributed by atoms with E-state index in [1.807, 2.05) is 0 Å². The predicted molar refractivity (Wildman–Crippen MR) is 129 cm³/mol. The summed E-state index contributed by atoms with van der Waals surface area (Å²) in [6, 6.07) is 1.30. The highest BCUT2D eigenvalue weighted by atomic mass is 19.1. The van der Waals surface area contributed by atoms with E-state index in [1.54, 1.807) is 4.90 Å². The van der Waals surface area contributed by atoms with Gasteiger partial charge in [-0.25, -0.2) is 28.2 Å². The van der Waals surface area contributed by atoms with Crippen molar-refractivity contribution in [2.75, 3.05) is 38.2 Å². The third kappa shape index (κ3) is 5.03. The van der Waals surface area contributed by atoms with Crippen LogP contribution in [0.5, 0.6) is 5.75 Å². The zero-order valence-corrected chi connectivity index (χ0v) is 20.1. The fraction of sp³-hybridized carbons (Fsp3) is 0.304. The fourth-order valence-corrected chi connectivity index (χ4v) is 3.99. The van der Waals surface area contributed by atoms with Gasteiger partial charge in [0.1, 0.15) is 12.1 Å². The van der Waals surface area contributed by atoms with Crippen molar-refractivity contribution >= 4 is 40.4 Å². The maximum atomic E-state index is 14.5. The van der Waals surface area contributed by atoms with Gasteiger partial charge in [0.15, 0.2) is 23.0 Å². The Bertz CT molecular complexity index is 1380. The minimum absolute atomic E-state index is 0.0143. The molecule has 4 rings (SSSR count). The van der Waals surface area contributed by atoms with Crippen molar-refractivity contribution in [1.29, 1.82) is 0 Å². The molecule has 3 N–H and O–H groups in total. The zero-order valence-electron chi connectivity index (χ0n) is 20.1. The van der Waals surface area contributed by atoms with Crippen molar-refractivity contribution in [3.63, 3.8) is 0 Å². The molecule has 0 bridgehead atoms. The Kier molecular flexibility index (Phi) is 7.00. The first-order valence-corrected chi connectivity index (χ1v) is 11.2. The summed E-state index contributed by atoms with van der Waals surface area (Å²) in [5.41, 5.74) is 5.90. The number of nitrogens with zero attached hydrogens (tertiary/aromatic N) is 6. The standard InChI is InChI=1S/C23H24F2N8O4/c1-4-16(34)32-7-5-6-13(10-32)33-21-17(20(26)27-11-28-21)18(30-33)22(35)29-12-8-14(24)19(15(25)9-12)37-23(36)31(2)3/h4,8-9,11,13H,1,5-7,10H2,2-3H3,(H,29,35)(H2,26,27,28). The van der Waals surface area contributed by atoms with E-state index in [4.69, 9.17) is 10.5 Å². The van der Waals surface area contributed by atoms with Crippen LogP contribution in [-0.2, 0) is 4.79 Å². The van der Waals surface area contributed by atoms with Gasteiger partial charge < -0.3 is 25.6 Å². The van der Waals surface area contributed by atoms with E-state index in [-0.39, 0.29) is 40.2 Å². The van der Waals surface area contributed by atoms with Crippen LogP contribution in [0.1, 0.15) is 29.4 Å². The number of halogens is 2. The van der Waals surface area contributed by atoms with Crippen molar-refractivity contribution < 1.29 is 27.9 Å². The maximum absolute atomic E-state index is 14.5. The highest BCUT2D eigenvalue weighted by Gasteiger charge is 2.29. The Labute approximate surface area is 209 Å². The second-order valence-corrected chi connectivity index (χ2v) is 8.52. The molecule has 1 saturated heterocycles. The lowest BCUT2D eigenvalue weighted by molar-refractivity contribution is -0.127. The van der Waals surface area contributed by atoms with Crippen molar-refractivity contribution in [1.82, 2.24) is 29.5 Å². The number of amides is 3. The third-order valence-electron chi connectivity index (χ3n) is 5.77. The minimum atomic E-state index is -1.20.